The van der Waals surface area contributed by atoms with Crippen LogP contribution in [0.2, 0.25) is 5.15 Å². The Bertz CT molecular complexity index is 145. The molecule has 3 nitrogen and oxygen atoms in total. The van der Waals surface area contributed by atoms with Crippen molar-refractivity contribution in [2.75, 3.05) is 0 Å². The van der Waals surface area contributed by atoms with Crippen LogP contribution in [0.5, 0.6) is 0 Å². The highest BCUT2D eigenvalue weighted by Gasteiger charge is 1.89. The van der Waals surface area contributed by atoms with Crippen molar-refractivity contribution < 1.29 is 4.48 Å². The van der Waals surface area contributed by atoms with Gasteiger partial charge in [-0.15, -0.1) is 10.2 Å². The van der Waals surface area contributed by atoms with E-state index in [1.54, 1.807) is 0 Å². The molecule has 0 bridgehead atoms. The molecule has 0 saturated carbocycles. The second-order valence-electron chi connectivity index (χ2n) is 0.908. The summed E-state index contributed by atoms with van der Waals surface area (Å²) in [4.78, 5) is 0. The van der Waals surface area contributed by atoms with Crippen molar-refractivity contribution in [2.24, 2.45) is 0 Å². The van der Waals surface area contributed by atoms with Crippen molar-refractivity contribution in [1.29, 1.82) is 0 Å². The third-order valence-electron chi connectivity index (χ3n) is 0.438. The quantitative estimate of drug-likeness (QED) is 0.505. The van der Waals surface area contributed by atoms with Crippen LogP contribution < -0.4 is 0 Å². The van der Waals surface area contributed by atoms with Gasteiger partial charge in [0.05, 0.1) is 6.20 Å². The number of aromatic nitrogens is 3. The topological polar surface area (TPSA) is 30.7 Å². The van der Waals surface area contributed by atoms with Crippen LogP contribution in [0.25, 0.3) is 0 Å². The van der Waals surface area contributed by atoms with Gasteiger partial charge in [-0.05, 0) is 5.02 Å². The lowest BCUT2D eigenvalue weighted by Crippen LogP contribution is -1.83. The molecule has 0 spiro atoms. The SMILES string of the molecule is Fn1ncc(Cl)n1. The summed E-state index contributed by atoms with van der Waals surface area (Å²) in [6.45, 7) is 0. The van der Waals surface area contributed by atoms with E-state index in [1.165, 1.54) is 0 Å². The average Bonchev–Trinajstić information content (AvgIpc) is 1.87. The van der Waals surface area contributed by atoms with Crippen LogP contribution in [-0.2, 0) is 0 Å². The van der Waals surface area contributed by atoms with E-state index < -0.39 is 0 Å². The van der Waals surface area contributed by atoms with Gasteiger partial charge < -0.3 is 0 Å². The van der Waals surface area contributed by atoms with E-state index in [4.69, 9.17) is 11.6 Å². The Balaban J connectivity index is 3.04. The molecule has 0 aromatic carbocycles. The molecule has 0 radical (unpaired) electrons. The van der Waals surface area contributed by atoms with Crippen LogP contribution in [0.4, 0.5) is 4.48 Å². The van der Waals surface area contributed by atoms with E-state index in [9.17, 15) is 4.48 Å². The minimum atomic E-state index is -0.0949. The lowest BCUT2D eigenvalue weighted by Gasteiger charge is -1.68. The average molecular weight is 122 g/mol. The largest absolute Gasteiger partial charge is 0.174 e. The van der Waals surface area contributed by atoms with Gasteiger partial charge >= 0.3 is 0 Å². The Morgan fingerprint density at radius 3 is 2.71 bits per heavy atom. The van der Waals surface area contributed by atoms with Gasteiger partial charge in [0, 0.05) is 0 Å². The van der Waals surface area contributed by atoms with Crippen molar-refractivity contribution in [1.82, 2.24) is 15.2 Å². The molecule has 7 heavy (non-hydrogen) atoms. The predicted octanol–water partition coefficient (Wildman–Crippen LogP) is 0.664. The highest BCUT2D eigenvalue weighted by molar-refractivity contribution is 6.29. The Kier molecular flexibility index (Phi) is 0.941. The molecule has 0 aliphatic heterocycles. The molecule has 38 valence electrons. The van der Waals surface area contributed by atoms with Gasteiger partial charge in [-0.2, -0.15) is 0 Å². The molecule has 1 rings (SSSR count). The van der Waals surface area contributed by atoms with E-state index >= 15 is 0 Å². The standard InChI is InChI=1S/C2HClFN3/c3-2-1-5-7(4)6-2/h1H. The number of halogens is 2. The van der Waals surface area contributed by atoms with Crippen LogP contribution in [-0.4, -0.2) is 15.2 Å². The molecule has 5 heteroatoms. The van der Waals surface area contributed by atoms with Gasteiger partial charge in [0.25, 0.3) is 0 Å². The highest BCUT2D eigenvalue weighted by atomic mass is 35.5. The molecule has 0 aliphatic carbocycles. The van der Waals surface area contributed by atoms with Gasteiger partial charge in [-0.25, -0.2) is 0 Å². The molecule has 1 aromatic heterocycles. The summed E-state index contributed by atoms with van der Waals surface area (Å²) in [6.07, 6.45) is 1.11. The molecule has 0 amide bonds. The van der Waals surface area contributed by atoms with Crippen molar-refractivity contribution >= 4 is 11.6 Å². The Morgan fingerprint density at radius 1 is 1.86 bits per heavy atom. The van der Waals surface area contributed by atoms with Crippen LogP contribution in [0.3, 0.4) is 0 Å². The minimum Gasteiger partial charge on any atom is -0.128 e. The lowest BCUT2D eigenvalue weighted by atomic mass is 11.0. The van der Waals surface area contributed by atoms with Gasteiger partial charge in [0.2, 0.25) is 0 Å². The van der Waals surface area contributed by atoms with Gasteiger partial charge in [0.15, 0.2) is 5.15 Å². The van der Waals surface area contributed by atoms with Crippen LogP contribution in [0.1, 0.15) is 0 Å². The molecule has 0 atom stereocenters. The fraction of sp³-hybridized carbons (Fsp3) is 0. The van der Waals surface area contributed by atoms with Gasteiger partial charge in [-0.1, -0.05) is 16.1 Å². The first-order valence-corrected chi connectivity index (χ1v) is 1.91. The summed E-state index contributed by atoms with van der Waals surface area (Å²) in [5.74, 6) is 0. The number of hydrogen-bond donors (Lipinski definition) is 0. The highest BCUT2D eigenvalue weighted by Crippen LogP contribution is 1.97. The molecule has 0 N–H and O–H groups in total. The van der Waals surface area contributed by atoms with Crippen molar-refractivity contribution in [3.8, 4) is 0 Å². The monoisotopic (exact) mass is 121 g/mol. The fourth-order valence-electron chi connectivity index (χ4n) is 0.226. The lowest BCUT2D eigenvalue weighted by molar-refractivity contribution is 0.264. The fourth-order valence-corrected chi connectivity index (χ4v) is 0.332. The van der Waals surface area contributed by atoms with E-state index in [1.807, 2.05) is 0 Å². The maximum atomic E-state index is 11.5. The van der Waals surface area contributed by atoms with Crippen LogP contribution in [0, 0.1) is 0 Å². The number of hydrogen-bond acceptors (Lipinski definition) is 2. The van der Waals surface area contributed by atoms with Crippen molar-refractivity contribution in [2.45, 2.75) is 0 Å². The second-order valence-corrected chi connectivity index (χ2v) is 1.30. The molecular formula is C2HClFN3. The molecule has 0 fully saturated rings. The Morgan fingerprint density at radius 2 is 2.57 bits per heavy atom. The second kappa shape index (κ2) is 1.46. The third-order valence-corrected chi connectivity index (χ3v) is 0.611. The maximum absolute atomic E-state index is 11.5. The summed E-state index contributed by atoms with van der Waals surface area (Å²) in [5.41, 5.74) is 0. The molecule has 1 aromatic rings. The molecule has 1 heterocycles. The number of nitrogens with zero attached hydrogens (tertiary/aromatic N) is 3. The summed E-state index contributed by atoms with van der Waals surface area (Å²) in [7, 11) is 0. The smallest absolute Gasteiger partial charge is 0.128 e. The van der Waals surface area contributed by atoms with Gasteiger partial charge in [-0.3, -0.25) is 0 Å². The summed E-state index contributed by atoms with van der Waals surface area (Å²) in [6, 6.07) is 0. The maximum Gasteiger partial charge on any atom is 0.174 e. The van der Waals surface area contributed by atoms with Crippen LogP contribution >= 0.6 is 11.6 Å². The van der Waals surface area contributed by atoms with E-state index in [-0.39, 0.29) is 10.2 Å². The first-order valence-electron chi connectivity index (χ1n) is 1.53. The normalized spacial score (nSPS) is 9.43. The molecule has 0 unspecified atom stereocenters. The summed E-state index contributed by atoms with van der Waals surface area (Å²) < 4.78 is 11.5. The zero-order valence-corrected chi connectivity index (χ0v) is 3.93. The van der Waals surface area contributed by atoms with Crippen molar-refractivity contribution in [3.05, 3.63) is 11.3 Å². The predicted molar refractivity (Wildman–Crippen MR) is 21.5 cm³/mol. The zero-order valence-electron chi connectivity index (χ0n) is 3.17. The first kappa shape index (κ1) is 4.52. The molecule has 0 saturated heterocycles. The van der Waals surface area contributed by atoms with E-state index in [2.05, 4.69) is 10.2 Å². The summed E-state index contributed by atoms with van der Waals surface area (Å²) >= 11 is 5.13. The van der Waals surface area contributed by atoms with E-state index in [0.29, 0.717) is 0 Å². The first-order chi connectivity index (χ1) is 3.29. The Labute approximate surface area is 43.6 Å². The zero-order chi connectivity index (χ0) is 5.28. The van der Waals surface area contributed by atoms with Crippen molar-refractivity contribution in [3.63, 3.8) is 0 Å². The number of rotatable bonds is 0. The third kappa shape index (κ3) is 0.866. The minimum absolute atomic E-state index is 0.0579. The summed E-state index contributed by atoms with van der Waals surface area (Å²) in [5, 5.41) is 6.00. The molecule has 0 aliphatic rings. The van der Waals surface area contributed by atoms with Gasteiger partial charge in [0.1, 0.15) is 0 Å². The molecular weight excluding hydrogens is 120 g/mol. The van der Waals surface area contributed by atoms with E-state index in [0.717, 1.165) is 6.20 Å². The van der Waals surface area contributed by atoms with Crippen LogP contribution in [0.15, 0.2) is 6.20 Å². The Hall–Kier alpha value is -0.640.